The Kier molecular flexibility index (Phi) is 7.24. The van der Waals surface area contributed by atoms with Crippen molar-refractivity contribution < 1.29 is 8.42 Å². The number of benzene rings is 2. The molecule has 0 fully saturated rings. The number of aromatic nitrogens is 2. The molecule has 158 valence electrons. The normalized spacial score (nSPS) is 12.0. The SMILES string of the molecule is CN=C(NCCCS(=O)(=O)c1ccccc1)N(C)Cc1ncc(-c2ccccc2)[nH]1. The maximum atomic E-state index is 12.4. The average Bonchev–Trinajstić information content (AvgIpc) is 3.23. The molecule has 0 aliphatic rings. The molecule has 0 spiro atoms. The Hall–Kier alpha value is -3.13. The fourth-order valence-corrected chi connectivity index (χ4v) is 4.43. The Balaban J connectivity index is 1.50. The summed E-state index contributed by atoms with van der Waals surface area (Å²) in [6.45, 7) is 1.06. The van der Waals surface area contributed by atoms with E-state index in [1.54, 1.807) is 31.3 Å². The van der Waals surface area contributed by atoms with Crippen LogP contribution >= 0.6 is 0 Å². The van der Waals surface area contributed by atoms with Gasteiger partial charge in [0.15, 0.2) is 15.8 Å². The van der Waals surface area contributed by atoms with Gasteiger partial charge in [0, 0.05) is 20.6 Å². The molecule has 1 aromatic heterocycles. The van der Waals surface area contributed by atoms with Gasteiger partial charge in [-0.1, -0.05) is 48.5 Å². The van der Waals surface area contributed by atoms with Crippen LogP contribution in [-0.2, 0) is 16.4 Å². The highest BCUT2D eigenvalue weighted by molar-refractivity contribution is 7.91. The fourth-order valence-electron chi connectivity index (χ4n) is 3.10. The van der Waals surface area contributed by atoms with Gasteiger partial charge in [-0.25, -0.2) is 13.4 Å². The highest BCUT2D eigenvalue weighted by Crippen LogP contribution is 2.16. The number of hydrogen-bond acceptors (Lipinski definition) is 4. The molecule has 30 heavy (non-hydrogen) atoms. The second-order valence-corrected chi connectivity index (χ2v) is 9.03. The van der Waals surface area contributed by atoms with Crippen molar-refractivity contribution in [3.63, 3.8) is 0 Å². The van der Waals surface area contributed by atoms with Crippen molar-refractivity contribution in [3.05, 3.63) is 72.7 Å². The minimum absolute atomic E-state index is 0.0866. The zero-order valence-corrected chi connectivity index (χ0v) is 18.1. The molecule has 0 bridgehead atoms. The Bertz CT molecular complexity index is 1060. The van der Waals surface area contributed by atoms with E-state index in [2.05, 4.69) is 20.3 Å². The molecule has 8 heteroatoms. The third kappa shape index (κ3) is 5.70. The lowest BCUT2D eigenvalue weighted by atomic mass is 10.2. The van der Waals surface area contributed by atoms with Crippen LogP contribution in [0.1, 0.15) is 12.2 Å². The first-order valence-electron chi connectivity index (χ1n) is 9.78. The molecule has 2 N–H and O–H groups in total. The third-order valence-electron chi connectivity index (χ3n) is 4.65. The van der Waals surface area contributed by atoms with Crippen LogP contribution in [0, 0.1) is 0 Å². The number of aromatic amines is 1. The number of hydrogen-bond donors (Lipinski definition) is 2. The predicted molar refractivity (Wildman–Crippen MR) is 120 cm³/mol. The molecule has 2 aromatic carbocycles. The number of rotatable bonds is 8. The number of aliphatic imine (C=N–C) groups is 1. The van der Waals surface area contributed by atoms with E-state index in [1.807, 2.05) is 54.5 Å². The van der Waals surface area contributed by atoms with E-state index in [0.29, 0.717) is 30.4 Å². The first-order chi connectivity index (χ1) is 14.5. The molecule has 0 radical (unpaired) electrons. The molecular formula is C22H27N5O2S. The van der Waals surface area contributed by atoms with Crippen molar-refractivity contribution >= 4 is 15.8 Å². The van der Waals surface area contributed by atoms with Crippen LogP contribution in [0.2, 0.25) is 0 Å². The number of nitrogens with zero attached hydrogens (tertiary/aromatic N) is 3. The Morgan fingerprint density at radius 2 is 1.77 bits per heavy atom. The minimum atomic E-state index is -3.27. The molecule has 0 saturated carbocycles. The zero-order chi connectivity index (χ0) is 21.4. The van der Waals surface area contributed by atoms with Gasteiger partial charge in [-0.05, 0) is 24.1 Å². The summed E-state index contributed by atoms with van der Waals surface area (Å²) in [4.78, 5) is 14.4. The zero-order valence-electron chi connectivity index (χ0n) is 17.2. The first-order valence-corrected chi connectivity index (χ1v) is 11.4. The molecule has 0 unspecified atom stereocenters. The molecular weight excluding hydrogens is 398 g/mol. The van der Waals surface area contributed by atoms with Crippen molar-refractivity contribution in [1.29, 1.82) is 0 Å². The molecule has 0 aliphatic carbocycles. The van der Waals surface area contributed by atoms with Gasteiger partial charge < -0.3 is 15.2 Å². The van der Waals surface area contributed by atoms with E-state index >= 15 is 0 Å². The van der Waals surface area contributed by atoms with Gasteiger partial charge in [0.1, 0.15) is 5.82 Å². The number of nitrogens with one attached hydrogen (secondary N) is 2. The third-order valence-corrected chi connectivity index (χ3v) is 6.47. The van der Waals surface area contributed by atoms with Crippen LogP contribution in [0.15, 0.2) is 76.7 Å². The highest BCUT2D eigenvalue weighted by Gasteiger charge is 2.14. The van der Waals surface area contributed by atoms with Crippen LogP contribution in [-0.4, -0.2) is 55.6 Å². The Morgan fingerprint density at radius 1 is 1.10 bits per heavy atom. The molecule has 3 rings (SSSR count). The summed E-state index contributed by atoms with van der Waals surface area (Å²) in [6.07, 6.45) is 2.31. The van der Waals surface area contributed by atoms with E-state index < -0.39 is 9.84 Å². The van der Waals surface area contributed by atoms with Gasteiger partial charge in [0.25, 0.3) is 0 Å². The first kappa shape index (κ1) is 21.6. The van der Waals surface area contributed by atoms with Crippen molar-refractivity contribution in [2.24, 2.45) is 4.99 Å². The molecule has 1 heterocycles. The summed E-state index contributed by atoms with van der Waals surface area (Å²) in [5, 5.41) is 3.22. The molecule has 0 atom stereocenters. The lowest BCUT2D eigenvalue weighted by Crippen LogP contribution is -2.39. The molecule has 0 amide bonds. The Morgan fingerprint density at radius 3 is 2.43 bits per heavy atom. The van der Waals surface area contributed by atoms with Crippen molar-refractivity contribution in [3.8, 4) is 11.3 Å². The molecule has 7 nitrogen and oxygen atoms in total. The van der Waals surface area contributed by atoms with Gasteiger partial charge in [-0.3, -0.25) is 4.99 Å². The summed E-state index contributed by atoms with van der Waals surface area (Å²) in [5.74, 6) is 1.60. The van der Waals surface area contributed by atoms with E-state index in [1.165, 1.54) is 0 Å². The highest BCUT2D eigenvalue weighted by atomic mass is 32.2. The molecule has 0 aliphatic heterocycles. The van der Waals surface area contributed by atoms with Gasteiger partial charge in [0.05, 0.1) is 29.1 Å². The van der Waals surface area contributed by atoms with Gasteiger partial charge >= 0.3 is 0 Å². The van der Waals surface area contributed by atoms with Crippen LogP contribution < -0.4 is 5.32 Å². The maximum absolute atomic E-state index is 12.4. The largest absolute Gasteiger partial charge is 0.356 e. The number of imidazole rings is 1. The number of H-pyrrole nitrogens is 1. The summed E-state index contributed by atoms with van der Waals surface area (Å²) in [6, 6.07) is 18.6. The van der Waals surface area contributed by atoms with Gasteiger partial charge in [0.2, 0.25) is 0 Å². The standard InChI is InChI=1S/C22H27N5O2S/c1-23-22(24-14-9-15-30(28,29)19-12-7-4-8-13-19)27(2)17-21-25-16-20(26-21)18-10-5-3-6-11-18/h3-8,10-13,16H,9,14-15,17H2,1-2H3,(H,23,24)(H,25,26). The predicted octanol–water partition coefficient (Wildman–Crippen LogP) is 2.95. The second-order valence-electron chi connectivity index (χ2n) is 6.93. The van der Waals surface area contributed by atoms with Crippen molar-refractivity contribution in [2.45, 2.75) is 17.9 Å². The molecule has 0 saturated heterocycles. The lowest BCUT2D eigenvalue weighted by Gasteiger charge is -2.21. The summed E-state index contributed by atoms with van der Waals surface area (Å²) >= 11 is 0. The van der Waals surface area contributed by atoms with Gasteiger partial charge in [-0.15, -0.1) is 0 Å². The Labute approximate surface area is 177 Å². The van der Waals surface area contributed by atoms with Gasteiger partial charge in [-0.2, -0.15) is 0 Å². The average molecular weight is 426 g/mol. The van der Waals surface area contributed by atoms with E-state index in [4.69, 9.17) is 0 Å². The summed E-state index contributed by atoms with van der Waals surface area (Å²) < 4.78 is 24.7. The summed E-state index contributed by atoms with van der Waals surface area (Å²) in [7, 11) is 0.357. The second kappa shape index (κ2) is 10.1. The lowest BCUT2D eigenvalue weighted by molar-refractivity contribution is 0.464. The maximum Gasteiger partial charge on any atom is 0.193 e. The number of sulfone groups is 1. The van der Waals surface area contributed by atoms with Crippen LogP contribution in [0.4, 0.5) is 0 Å². The van der Waals surface area contributed by atoms with E-state index in [9.17, 15) is 8.42 Å². The minimum Gasteiger partial charge on any atom is -0.356 e. The van der Waals surface area contributed by atoms with Crippen molar-refractivity contribution in [2.75, 3.05) is 26.4 Å². The van der Waals surface area contributed by atoms with Crippen LogP contribution in [0.5, 0.6) is 0 Å². The monoisotopic (exact) mass is 425 g/mol. The quantitative estimate of drug-likeness (QED) is 0.329. The van der Waals surface area contributed by atoms with Crippen LogP contribution in [0.25, 0.3) is 11.3 Å². The van der Waals surface area contributed by atoms with E-state index in [-0.39, 0.29) is 5.75 Å². The summed E-state index contributed by atoms with van der Waals surface area (Å²) in [5.41, 5.74) is 2.05. The number of guanidine groups is 1. The fraction of sp³-hybridized carbons (Fsp3) is 0.273. The van der Waals surface area contributed by atoms with E-state index in [0.717, 1.165) is 17.1 Å². The topological polar surface area (TPSA) is 90.4 Å². The smallest absolute Gasteiger partial charge is 0.193 e. The molecule has 3 aromatic rings. The van der Waals surface area contributed by atoms with Crippen molar-refractivity contribution in [1.82, 2.24) is 20.2 Å². The van der Waals surface area contributed by atoms with Crippen LogP contribution in [0.3, 0.4) is 0 Å².